The Morgan fingerprint density at radius 2 is 1.86 bits per heavy atom. The summed E-state index contributed by atoms with van der Waals surface area (Å²) in [5.41, 5.74) is 2.87. The van der Waals surface area contributed by atoms with E-state index in [0.29, 0.717) is 17.9 Å². The summed E-state index contributed by atoms with van der Waals surface area (Å²) in [5.74, 6) is -0.363. The van der Waals surface area contributed by atoms with Gasteiger partial charge >= 0.3 is 0 Å². The van der Waals surface area contributed by atoms with Crippen LogP contribution in [0, 0.1) is 6.92 Å². The van der Waals surface area contributed by atoms with Crippen molar-refractivity contribution in [3.05, 3.63) is 88.7 Å². The van der Waals surface area contributed by atoms with E-state index in [1.165, 1.54) is 18.2 Å². The molecule has 0 aliphatic rings. The molecule has 0 aliphatic carbocycles. The number of nitrogens with one attached hydrogen (secondary N) is 1. The number of carbonyl (C=O) groups excluding carboxylic acids is 1. The second-order valence-corrected chi connectivity index (χ2v) is 7.44. The highest BCUT2D eigenvalue weighted by atomic mass is 35.5. The van der Waals surface area contributed by atoms with Gasteiger partial charge in [0.2, 0.25) is 10.9 Å². The minimum absolute atomic E-state index is 0.262. The molecule has 6 nitrogen and oxygen atoms in total. The highest BCUT2D eigenvalue weighted by Gasteiger charge is 2.16. The Morgan fingerprint density at radius 3 is 2.50 bits per heavy atom. The molecule has 3 aromatic rings. The Bertz CT molecular complexity index is 1050. The number of hydrogen-bond acceptors (Lipinski definition) is 4. The quantitative estimate of drug-likeness (QED) is 0.602. The first kappa shape index (κ1) is 19.9. The van der Waals surface area contributed by atoms with Gasteiger partial charge in [-0.15, -0.1) is 0 Å². The van der Waals surface area contributed by atoms with Crippen LogP contribution >= 0.6 is 11.6 Å². The van der Waals surface area contributed by atoms with Gasteiger partial charge in [0, 0.05) is 29.5 Å². The summed E-state index contributed by atoms with van der Waals surface area (Å²) in [7, 11) is -2.98. The number of hydrogen-bond donors (Lipinski definition) is 2. The SMILES string of the molecule is Cc1ccc(N(c2cc(Cl)cc(C(=O)NCc3cccnc3)c2)[SH](=O)=O)cc1. The Hall–Kier alpha value is -2.90. The van der Waals surface area contributed by atoms with Crippen molar-refractivity contribution in [1.29, 1.82) is 0 Å². The molecule has 1 aromatic heterocycles. The van der Waals surface area contributed by atoms with E-state index in [9.17, 15) is 13.2 Å². The van der Waals surface area contributed by atoms with Crippen LogP contribution in [0.15, 0.2) is 67.0 Å². The molecule has 8 heteroatoms. The van der Waals surface area contributed by atoms with Crippen LogP contribution in [-0.2, 0) is 17.4 Å². The monoisotopic (exact) mass is 415 g/mol. The maximum Gasteiger partial charge on any atom is 0.251 e. The van der Waals surface area contributed by atoms with Gasteiger partial charge < -0.3 is 5.32 Å². The standard InChI is InChI=1S/C20H18ClN3O3S/c1-14-4-6-18(7-5-14)24(28(26)27)19-10-16(9-17(21)11-19)20(25)23-13-15-3-2-8-22-12-15/h2-12,28H,13H2,1H3,(H,23,25). The second kappa shape index (κ2) is 8.86. The molecule has 0 radical (unpaired) electrons. The molecule has 0 fully saturated rings. The van der Waals surface area contributed by atoms with Crippen molar-refractivity contribution in [1.82, 2.24) is 10.3 Å². The van der Waals surface area contributed by atoms with Crippen LogP contribution in [0.5, 0.6) is 0 Å². The number of carbonyl (C=O) groups is 1. The molecule has 0 saturated carbocycles. The van der Waals surface area contributed by atoms with E-state index in [1.54, 1.807) is 30.6 Å². The fraction of sp³-hybridized carbons (Fsp3) is 0.100. The van der Waals surface area contributed by atoms with Crippen molar-refractivity contribution in [2.75, 3.05) is 4.31 Å². The predicted molar refractivity (Wildman–Crippen MR) is 110 cm³/mol. The first-order chi connectivity index (χ1) is 13.4. The number of aryl methyl sites for hydroxylation is 1. The molecule has 0 spiro atoms. The first-order valence-electron chi connectivity index (χ1n) is 8.43. The number of halogens is 1. The maximum absolute atomic E-state index is 12.5. The second-order valence-electron chi connectivity index (χ2n) is 6.13. The Kier molecular flexibility index (Phi) is 6.28. The van der Waals surface area contributed by atoms with Gasteiger partial charge in [-0.1, -0.05) is 35.4 Å². The molecule has 0 aliphatic heterocycles. The van der Waals surface area contributed by atoms with E-state index in [0.717, 1.165) is 15.4 Å². The van der Waals surface area contributed by atoms with Crippen LogP contribution in [0.1, 0.15) is 21.5 Å². The molecule has 1 N–H and O–H groups in total. The minimum atomic E-state index is -2.98. The average Bonchev–Trinajstić information content (AvgIpc) is 2.68. The van der Waals surface area contributed by atoms with Gasteiger partial charge in [0.1, 0.15) is 0 Å². The highest BCUT2D eigenvalue weighted by Crippen LogP contribution is 2.29. The minimum Gasteiger partial charge on any atom is -0.348 e. The number of rotatable bonds is 6. The van der Waals surface area contributed by atoms with Gasteiger partial charge in [0.05, 0.1) is 11.4 Å². The van der Waals surface area contributed by atoms with Crippen LogP contribution in [0.25, 0.3) is 0 Å². The topological polar surface area (TPSA) is 79.4 Å². The maximum atomic E-state index is 12.5. The summed E-state index contributed by atoms with van der Waals surface area (Å²) in [6, 6.07) is 15.1. The van der Waals surface area contributed by atoms with Crippen LogP contribution in [-0.4, -0.2) is 19.3 Å². The molecule has 3 rings (SSSR count). The number of aromatic nitrogens is 1. The molecule has 0 atom stereocenters. The highest BCUT2D eigenvalue weighted by molar-refractivity contribution is 7.74. The lowest BCUT2D eigenvalue weighted by Crippen LogP contribution is -2.23. The Balaban J connectivity index is 1.88. The van der Waals surface area contributed by atoms with Crippen molar-refractivity contribution in [2.24, 2.45) is 0 Å². The number of pyridine rings is 1. The summed E-state index contributed by atoms with van der Waals surface area (Å²) in [4.78, 5) is 16.5. The Labute approximate surface area is 169 Å². The van der Waals surface area contributed by atoms with Crippen LogP contribution in [0.2, 0.25) is 5.02 Å². The normalized spacial score (nSPS) is 10.7. The van der Waals surface area contributed by atoms with Crippen LogP contribution in [0.3, 0.4) is 0 Å². The zero-order valence-electron chi connectivity index (χ0n) is 15.0. The summed E-state index contributed by atoms with van der Waals surface area (Å²) in [6.07, 6.45) is 3.31. The molecule has 1 amide bonds. The summed E-state index contributed by atoms with van der Waals surface area (Å²) < 4.78 is 24.9. The van der Waals surface area contributed by atoms with E-state index >= 15 is 0 Å². The molecule has 0 bridgehead atoms. The summed E-state index contributed by atoms with van der Waals surface area (Å²) >= 11 is 6.16. The van der Waals surface area contributed by atoms with E-state index in [-0.39, 0.29) is 16.5 Å². The van der Waals surface area contributed by atoms with Gasteiger partial charge in [-0.05, 0) is 48.9 Å². The lowest BCUT2D eigenvalue weighted by atomic mass is 10.1. The van der Waals surface area contributed by atoms with Crippen molar-refractivity contribution in [2.45, 2.75) is 13.5 Å². The zero-order valence-corrected chi connectivity index (χ0v) is 16.7. The van der Waals surface area contributed by atoms with E-state index < -0.39 is 10.9 Å². The fourth-order valence-electron chi connectivity index (χ4n) is 2.64. The third-order valence-electron chi connectivity index (χ3n) is 4.01. The molecule has 28 heavy (non-hydrogen) atoms. The van der Waals surface area contributed by atoms with Gasteiger partial charge in [0.15, 0.2) is 0 Å². The van der Waals surface area contributed by atoms with Crippen LogP contribution in [0.4, 0.5) is 11.4 Å². The van der Waals surface area contributed by atoms with Gasteiger partial charge in [-0.2, -0.15) is 0 Å². The summed E-state index contributed by atoms with van der Waals surface area (Å²) in [5, 5.41) is 3.04. The third-order valence-corrected chi connectivity index (χ3v) is 5.01. The van der Waals surface area contributed by atoms with Gasteiger partial charge in [-0.3, -0.25) is 9.78 Å². The first-order valence-corrected chi connectivity index (χ1v) is 9.93. The third kappa shape index (κ3) is 4.88. The lowest BCUT2D eigenvalue weighted by molar-refractivity contribution is 0.0951. The summed E-state index contributed by atoms with van der Waals surface area (Å²) in [6.45, 7) is 2.21. The van der Waals surface area contributed by atoms with E-state index in [2.05, 4.69) is 10.3 Å². The number of thiol groups is 1. The molecular weight excluding hydrogens is 398 g/mol. The zero-order chi connectivity index (χ0) is 20.1. The van der Waals surface area contributed by atoms with E-state index in [1.807, 2.05) is 25.1 Å². The lowest BCUT2D eigenvalue weighted by Gasteiger charge is -2.19. The van der Waals surface area contributed by atoms with Crippen LogP contribution < -0.4 is 9.62 Å². The smallest absolute Gasteiger partial charge is 0.251 e. The average molecular weight is 416 g/mol. The van der Waals surface area contributed by atoms with Crippen molar-refractivity contribution >= 4 is 39.8 Å². The van der Waals surface area contributed by atoms with Crippen molar-refractivity contribution in [3.63, 3.8) is 0 Å². The molecule has 144 valence electrons. The number of nitrogens with zero attached hydrogens (tertiary/aromatic N) is 2. The molecule has 0 unspecified atom stereocenters. The fourth-order valence-corrected chi connectivity index (χ4v) is 3.49. The van der Waals surface area contributed by atoms with Crippen molar-refractivity contribution < 1.29 is 13.2 Å². The van der Waals surface area contributed by atoms with Gasteiger partial charge in [0.25, 0.3) is 5.91 Å². The molecule has 0 saturated heterocycles. The van der Waals surface area contributed by atoms with E-state index in [4.69, 9.17) is 11.6 Å². The molecule has 2 aromatic carbocycles. The largest absolute Gasteiger partial charge is 0.348 e. The van der Waals surface area contributed by atoms with Crippen molar-refractivity contribution in [3.8, 4) is 0 Å². The predicted octanol–water partition coefficient (Wildman–Crippen LogP) is 3.64. The number of anilines is 2. The van der Waals surface area contributed by atoms with Gasteiger partial charge in [-0.25, -0.2) is 12.7 Å². The number of amides is 1. The number of benzene rings is 2. The Morgan fingerprint density at radius 1 is 1.11 bits per heavy atom. The molecule has 1 heterocycles. The molecular formula is C20H18ClN3O3S.